The Morgan fingerprint density at radius 2 is 1.66 bits per heavy atom. The van der Waals surface area contributed by atoms with Gasteiger partial charge in [-0.3, -0.25) is 14.8 Å². The van der Waals surface area contributed by atoms with Crippen molar-refractivity contribution < 1.29 is 4.79 Å². The molecule has 3 aromatic heterocycles. The minimum absolute atomic E-state index is 0.176. The minimum Gasteiger partial charge on any atom is -0.322 e. The first-order valence-electron chi connectivity index (χ1n) is 10.1. The lowest BCUT2D eigenvalue weighted by atomic mass is 10.1. The normalized spacial score (nSPS) is 10.9. The molecule has 0 aliphatic carbocycles. The Kier molecular flexibility index (Phi) is 5.44. The number of carbonyl (C=O) groups is 1. The quantitative estimate of drug-likeness (QED) is 0.340. The van der Waals surface area contributed by atoms with Gasteiger partial charge in [-0.05, 0) is 72.5 Å². The summed E-state index contributed by atoms with van der Waals surface area (Å²) in [4.78, 5) is 20.6. The molecule has 156 valence electrons. The lowest BCUT2D eigenvalue weighted by Crippen LogP contribution is -2.12. The van der Waals surface area contributed by atoms with E-state index < -0.39 is 0 Å². The number of carbonyl (C=O) groups excluding carboxylic acids is 1. The maximum atomic E-state index is 12.4. The monoisotopic (exact) mass is 436 g/mol. The van der Waals surface area contributed by atoms with Gasteiger partial charge in [0.15, 0.2) is 0 Å². The molecule has 2 aromatic carbocycles. The second kappa shape index (κ2) is 8.69. The number of fused-ring (bicyclic) bond motifs is 1. The zero-order chi connectivity index (χ0) is 21.9. The van der Waals surface area contributed by atoms with E-state index >= 15 is 0 Å². The molecule has 5 nitrogen and oxygen atoms in total. The van der Waals surface area contributed by atoms with Gasteiger partial charge in [0.2, 0.25) is 0 Å². The largest absolute Gasteiger partial charge is 0.322 e. The van der Waals surface area contributed by atoms with E-state index in [0.717, 1.165) is 33.0 Å². The number of anilines is 1. The van der Waals surface area contributed by atoms with Crippen LogP contribution in [0, 0.1) is 0 Å². The molecule has 6 heteroatoms. The Hall–Kier alpha value is -3.90. The Morgan fingerprint density at radius 3 is 2.34 bits per heavy atom. The van der Waals surface area contributed by atoms with Crippen LogP contribution in [0.4, 0.5) is 5.69 Å². The van der Waals surface area contributed by atoms with Gasteiger partial charge in [0, 0.05) is 47.1 Å². The Morgan fingerprint density at radius 1 is 0.875 bits per heavy atom. The van der Waals surface area contributed by atoms with Crippen molar-refractivity contribution in [2.45, 2.75) is 5.03 Å². The molecule has 0 aliphatic rings. The van der Waals surface area contributed by atoms with E-state index in [2.05, 4.69) is 56.4 Å². The summed E-state index contributed by atoms with van der Waals surface area (Å²) in [7, 11) is 0. The molecule has 0 fully saturated rings. The molecular formula is C26H20N4OS. The van der Waals surface area contributed by atoms with Crippen molar-refractivity contribution >= 4 is 34.3 Å². The van der Waals surface area contributed by atoms with Gasteiger partial charge in [-0.2, -0.15) is 0 Å². The van der Waals surface area contributed by atoms with E-state index in [1.807, 2.05) is 36.5 Å². The van der Waals surface area contributed by atoms with Crippen molar-refractivity contribution in [3.8, 4) is 16.8 Å². The van der Waals surface area contributed by atoms with Crippen LogP contribution in [0.3, 0.4) is 0 Å². The zero-order valence-corrected chi connectivity index (χ0v) is 18.2. The summed E-state index contributed by atoms with van der Waals surface area (Å²) in [5.74, 6) is -0.176. The number of nitrogens with zero attached hydrogens (tertiary/aromatic N) is 3. The number of hydrogen-bond donors (Lipinski definition) is 1. The number of thioether (sulfide) groups is 1. The third-order valence-corrected chi connectivity index (χ3v) is 6.00. The van der Waals surface area contributed by atoms with Gasteiger partial charge in [-0.1, -0.05) is 12.1 Å². The Bertz CT molecular complexity index is 1380. The van der Waals surface area contributed by atoms with Crippen molar-refractivity contribution in [2.75, 3.05) is 11.6 Å². The van der Waals surface area contributed by atoms with Gasteiger partial charge in [-0.15, -0.1) is 11.8 Å². The van der Waals surface area contributed by atoms with E-state index in [-0.39, 0.29) is 5.91 Å². The average Bonchev–Trinajstić information content (AvgIpc) is 3.23. The van der Waals surface area contributed by atoms with Gasteiger partial charge < -0.3 is 9.88 Å². The molecule has 0 unspecified atom stereocenters. The first-order valence-corrected chi connectivity index (χ1v) is 11.4. The molecule has 0 saturated heterocycles. The van der Waals surface area contributed by atoms with Gasteiger partial charge in [0.1, 0.15) is 0 Å². The molecule has 0 bridgehead atoms. The summed E-state index contributed by atoms with van der Waals surface area (Å²) in [6, 6.07) is 24.1. The number of rotatable bonds is 5. The van der Waals surface area contributed by atoms with E-state index in [1.54, 1.807) is 42.5 Å². The summed E-state index contributed by atoms with van der Waals surface area (Å²) in [5, 5.41) is 5.24. The molecule has 1 N–H and O–H groups in total. The highest BCUT2D eigenvalue weighted by atomic mass is 32.2. The summed E-state index contributed by atoms with van der Waals surface area (Å²) in [6.45, 7) is 0. The predicted octanol–water partition coefficient (Wildman–Crippen LogP) is 6.06. The molecule has 1 amide bonds. The maximum Gasteiger partial charge on any atom is 0.257 e. The van der Waals surface area contributed by atoms with Crippen molar-refractivity contribution in [2.24, 2.45) is 0 Å². The fourth-order valence-electron chi connectivity index (χ4n) is 3.71. The summed E-state index contributed by atoms with van der Waals surface area (Å²) < 4.78 is 2.24. The average molecular weight is 437 g/mol. The minimum atomic E-state index is -0.176. The van der Waals surface area contributed by atoms with E-state index in [9.17, 15) is 4.79 Å². The van der Waals surface area contributed by atoms with Crippen LogP contribution < -0.4 is 5.32 Å². The van der Waals surface area contributed by atoms with Gasteiger partial charge >= 0.3 is 0 Å². The van der Waals surface area contributed by atoms with Crippen LogP contribution in [0.2, 0.25) is 0 Å². The van der Waals surface area contributed by atoms with Crippen LogP contribution in [0.25, 0.3) is 27.7 Å². The molecule has 0 aliphatic heterocycles. The third kappa shape index (κ3) is 3.88. The smallest absolute Gasteiger partial charge is 0.257 e. The molecule has 5 aromatic rings. The zero-order valence-electron chi connectivity index (χ0n) is 17.4. The van der Waals surface area contributed by atoms with Crippen molar-refractivity contribution in [3.05, 3.63) is 103 Å². The van der Waals surface area contributed by atoms with Crippen LogP contribution in [0.1, 0.15) is 10.4 Å². The Labute approximate surface area is 190 Å². The highest BCUT2D eigenvalue weighted by Crippen LogP contribution is 2.33. The van der Waals surface area contributed by atoms with Crippen LogP contribution in [-0.2, 0) is 0 Å². The highest BCUT2D eigenvalue weighted by molar-refractivity contribution is 7.98. The first kappa shape index (κ1) is 20.0. The molecule has 0 spiro atoms. The summed E-state index contributed by atoms with van der Waals surface area (Å²) in [6.07, 6.45) is 8.95. The van der Waals surface area contributed by atoms with Crippen LogP contribution >= 0.6 is 11.8 Å². The fraction of sp³-hybridized carbons (Fsp3) is 0.0385. The number of aromatic nitrogens is 3. The lowest BCUT2D eigenvalue weighted by Gasteiger charge is -2.11. The maximum absolute atomic E-state index is 12.4. The number of benzene rings is 2. The van der Waals surface area contributed by atoms with Crippen molar-refractivity contribution in [1.82, 2.24) is 14.5 Å². The second-order valence-electron chi connectivity index (χ2n) is 7.28. The number of hydrogen-bond acceptors (Lipinski definition) is 4. The summed E-state index contributed by atoms with van der Waals surface area (Å²) in [5.41, 5.74) is 5.68. The molecule has 5 rings (SSSR count). The van der Waals surface area contributed by atoms with E-state index in [4.69, 9.17) is 0 Å². The van der Waals surface area contributed by atoms with Crippen LogP contribution in [0.15, 0.2) is 103 Å². The SMILES string of the molecule is CSc1cc2cc(-c3cccnc3)ccc2n1-c1ccc(NC(=O)c2cccnc2)cc1. The second-order valence-corrected chi connectivity index (χ2v) is 8.11. The van der Waals surface area contributed by atoms with Gasteiger partial charge in [-0.25, -0.2) is 0 Å². The summed E-state index contributed by atoms with van der Waals surface area (Å²) >= 11 is 1.70. The standard InChI is InChI=1S/C26H20N4OS/c1-32-25-15-21-14-18(19-4-2-12-27-16-19)6-11-24(21)30(25)23-9-7-22(8-10-23)29-26(31)20-5-3-13-28-17-20/h2-17H,1H3,(H,29,31). The molecular weight excluding hydrogens is 416 g/mol. The number of nitrogens with one attached hydrogen (secondary N) is 1. The van der Waals surface area contributed by atoms with Crippen molar-refractivity contribution in [3.63, 3.8) is 0 Å². The number of pyridine rings is 2. The predicted molar refractivity (Wildman–Crippen MR) is 130 cm³/mol. The molecule has 0 atom stereocenters. The highest BCUT2D eigenvalue weighted by Gasteiger charge is 2.12. The first-order chi connectivity index (χ1) is 15.7. The van der Waals surface area contributed by atoms with Crippen LogP contribution in [0.5, 0.6) is 0 Å². The van der Waals surface area contributed by atoms with Crippen molar-refractivity contribution in [1.29, 1.82) is 0 Å². The molecule has 32 heavy (non-hydrogen) atoms. The van der Waals surface area contributed by atoms with Crippen LogP contribution in [-0.4, -0.2) is 26.7 Å². The Balaban J connectivity index is 1.46. The molecule has 0 saturated carbocycles. The fourth-order valence-corrected chi connectivity index (χ4v) is 4.34. The van der Waals surface area contributed by atoms with Gasteiger partial charge in [0.25, 0.3) is 5.91 Å². The number of amides is 1. The topological polar surface area (TPSA) is 59.8 Å². The third-order valence-electron chi connectivity index (χ3n) is 5.28. The lowest BCUT2D eigenvalue weighted by molar-refractivity contribution is 0.102. The van der Waals surface area contributed by atoms with E-state index in [1.165, 1.54) is 5.39 Å². The molecule has 0 radical (unpaired) electrons. The van der Waals surface area contributed by atoms with Gasteiger partial charge in [0.05, 0.1) is 16.1 Å². The van der Waals surface area contributed by atoms with E-state index in [0.29, 0.717) is 5.56 Å². The molecule has 3 heterocycles.